The van der Waals surface area contributed by atoms with Gasteiger partial charge in [0.05, 0.1) is 22.9 Å². The van der Waals surface area contributed by atoms with Crippen molar-refractivity contribution in [3.05, 3.63) is 28.5 Å². The Bertz CT molecular complexity index is 457. The molecule has 1 aromatic rings. The maximum absolute atomic E-state index is 13.3. The minimum atomic E-state index is -0.785. The highest BCUT2D eigenvalue weighted by molar-refractivity contribution is 6.31. The van der Waals surface area contributed by atoms with Crippen LogP contribution in [-0.2, 0) is 4.74 Å². The Morgan fingerprint density at radius 3 is 2.94 bits per heavy atom. The Morgan fingerprint density at radius 2 is 2.38 bits per heavy atom. The van der Waals surface area contributed by atoms with Gasteiger partial charge in [-0.3, -0.25) is 5.32 Å². The second kappa shape index (κ2) is 5.33. The minimum absolute atomic E-state index is 0.00518. The first-order valence-corrected chi connectivity index (χ1v) is 4.79. The van der Waals surface area contributed by atoms with Gasteiger partial charge in [0, 0.05) is 0 Å². The molecule has 1 rings (SSSR count). The molecule has 6 heteroatoms. The van der Waals surface area contributed by atoms with E-state index in [9.17, 15) is 9.18 Å². The summed E-state index contributed by atoms with van der Waals surface area (Å²) in [5, 5.41) is 10.8. The number of halogens is 2. The summed E-state index contributed by atoms with van der Waals surface area (Å²) in [6.07, 6.45) is -0.785. The van der Waals surface area contributed by atoms with Gasteiger partial charge in [0.1, 0.15) is 11.9 Å². The number of anilines is 1. The Morgan fingerprint density at radius 1 is 1.69 bits per heavy atom. The van der Waals surface area contributed by atoms with E-state index >= 15 is 0 Å². The van der Waals surface area contributed by atoms with Crippen molar-refractivity contribution < 1.29 is 13.9 Å². The van der Waals surface area contributed by atoms with E-state index in [1.165, 1.54) is 0 Å². The zero-order valence-electron chi connectivity index (χ0n) is 8.38. The van der Waals surface area contributed by atoms with Gasteiger partial charge in [-0.05, 0) is 19.1 Å². The molecule has 0 radical (unpaired) electrons. The van der Waals surface area contributed by atoms with Crippen molar-refractivity contribution >= 4 is 23.4 Å². The molecular weight excluding hydrogens is 235 g/mol. The van der Waals surface area contributed by atoms with Gasteiger partial charge in [-0.1, -0.05) is 11.6 Å². The molecule has 0 spiro atoms. The maximum Gasteiger partial charge on any atom is 0.411 e. The van der Waals surface area contributed by atoms with Gasteiger partial charge >= 0.3 is 6.09 Å². The molecule has 0 aliphatic rings. The fraction of sp³-hybridized carbons (Fsp3) is 0.200. The lowest BCUT2D eigenvalue weighted by molar-refractivity contribution is 0.168. The molecule has 0 aromatic heterocycles. The van der Waals surface area contributed by atoms with Crippen molar-refractivity contribution in [3.8, 4) is 6.07 Å². The third kappa shape index (κ3) is 2.84. The van der Waals surface area contributed by atoms with Gasteiger partial charge in [0.25, 0.3) is 0 Å². The Kier molecular flexibility index (Phi) is 4.09. The fourth-order valence-corrected chi connectivity index (χ4v) is 1.20. The first-order valence-electron chi connectivity index (χ1n) is 4.41. The molecule has 0 heterocycles. The highest BCUT2D eigenvalue weighted by Gasteiger charge is 2.11. The quantitative estimate of drug-likeness (QED) is 0.867. The molecule has 0 fully saturated rings. The van der Waals surface area contributed by atoms with Crippen LogP contribution in [0.1, 0.15) is 12.5 Å². The van der Waals surface area contributed by atoms with Crippen LogP contribution in [0.2, 0.25) is 5.02 Å². The molecule has 0 unspecified atom stereocenters. The van der Waals surface area contributed by atoms with Crippen molar-refractivity contribution in [2.24, 2.45) is 0 Å². The predicted octanol–water partition coefficient (Wildman–Crippen LogP) is 2.92. The summed E-state index contributed by atoms with van der Waals surface area (Å²) >= 11 is 5.59. The van der Waals surface area contributed by atoms with Crippen molar-refractivity contribution in [2.45, 2.75) is 6.92 Å². The highest BCUT2D eigenvalue weighted by Crippen LogP contribution is 2.23. The van der Waals surface area contributed by atoms with Gasteiger partial charge in [0.2, 0.25) is 0 Å². The van der Waals surface area contributed by atoms with E-state index in [-0.39, 0.29) is 22.9 Å². The Hall–Kier alpha value is -1.80. The van der Waals surface area contributed by atoms with E-state index in [0.29, 0.717) is 0 Å². The molecule has 0 bridgehead atoms. The van der Waals surface area contributed by atoms with Gasteiger partial charge in [0.15, 0.2) is 0 Å². The second-order valence-electron chi connectivity index (χ2n) is 2.77. The van der Waals surface area contributed by atoms with E-state index < -0.39 is 11.9 Å². The molecule has 0 aliphatic heterocycles. The van der Waals surface area contributed by atoms with Crippen LogP contribution in [-0.4, -0.2) is 12.7 Å². The predicted molar refractivity (Wildman–Crippen MR) is 56.8 cm³/mol. The molecule has 16 heavy (non-hydrogen) atoms. The molecule has 4 nitrogen and oxygen atoms in total. The summed E-state index contributed by atoms with van der Waals surface area (Å²) in [7, 11) is 0. The summed E-state index contributed by atoms with van der Waals surface area (Å²) in [6.45, 7) is 1.80. The SMILES string of the molecule is CCOC(=O)Nc1cc(C#N)c(Cl)cc1F. The largest absolute Gasteiger partial charge is 0.450 e. The zero-order valence-corrected chi connectivity index (χ0v) is 9.14. The number of ether oxygens (including phenoxy) is 1. The van der Waals surface area contributed by atoms with E-state index in [1.54, 1.807) is 13.0 Å². The Labute approximate surface area is 96.6 Å². The summed E-state index contributed by atoms with van der Waals surface area (Å²) < 4.78 is 17.9. The van der Waals surface area contributed by atoms with Crippen molar-refractivity contribution in [3.63, 3.8) is 0 Å². The number of amides is 1. The number of nitriles is 1. The van der Waals surface area contributed by atoms with Gasteiger partial charge in [-0.15, -0.1) is 0 Å². The van der Waals surface area contributed by atoms with Crippen molar-refractivity contribution in [1.82, 2.24) is 0 Å². The summed E-state index contributed by atoms with van der Waals surface area (Å²) in [5.41, 5.74) is -0.0609. The van der Waals surface area contributed by atoms with Crippen LogP contribution in [0.4, 0.5) is 14.9 Å². The number of nitrogens with one attached hydrogen (secondary N) is 1. The van der Waals surface area contributed by atoms with Crippen LogP contribution in [0, 0.1) is 17.1 Å². The number of carbonyl (C=O) groups is 1. The summed E-state index contributed by atoms with van der Waals surface area (Å²) in [6, 6.07) is 3.88. The molecule has 1 N–H and O–H groups in total. The lowest BCUT2D eigenvalue weighted by Crippen LogP contribution is -2.14. The molecule has 1 amide bonds. The second-order valence-corrected chi connectivity index (χ2v) is 3.18. The molecule has 0 saturated carbocycles. The minimum Gasteiger partial charge on any atom is -0.450 e. The molecular formula is C10H8ClFN2O2. The van der Waals surface area contributed by atoms with E-state index in [0.717, 1.165) is 12.1 Å². The first kappa shape index (κ1) is 12.3. The number of benzene rings is 1. The number of nitrogens with zero attached hydrogens (tertiary/aromatic N) is 1. The third-order valence-corrected chi connectivity index (χ3v) is 2.00. The molecule has 1 aromatic carbocycles. The van der Waals surface area contributed by atoms with Crippen LogP contribution < -0.4 is 5.32 Å². The average Bonchev–Trinajstić information content (AvgIpc) is 2.22. The molecule has 0 aliphatic carbocycles. The maximum atomic E-state index is 13.3. The lowest BCUT2D eigenvalue weighted by Gasteiger charge is -2.07. The normalized spacial score (nSPS) is 9.38. The number of carbonyl (C=O) groups excluding carboxylic acids is 1. The van der Waals surface area contributed by atoms with Crippen molar-refractivity contribution in [2.75, 3.05) is 11.9 Å². The van der Waals surface area contributed by atoms with E-state index in [1.807, 2.05) is 0 Å². The highest BCUT2D eigenvalue weighted by atomic mass is 35.5. The summed E-state index contributed by atoms with van der Waals surface area (Å²) in [4.78, 5) is 11.0. The summed E-state index contributed by atoms with van der Waals surface area (Å²) in [5.74, 6) is -0.725. The van der Waals surface area contributed by atoms with Gasteiger partial charge in [-0.2, -0.15) is 5.26 Å². The smallest absolute Gasteiger partial charge is 0.411 e. The lowest BCUT2D eigenvalue weighted by atomic mass is 10.2. The fourth-order valence-electron chi connectivity index (χ4n) is 1.01. The van der Waals surface area contributed by atoms with Gasteiger partial charge < -0.3 is 4.74 Å². The van der Waals surface area contributed by atoms with Gasteiger partial charge in [-0.25, -0.2) is 9.18 Å². The van der Waals surface area contributed by atoms with Crippen LogP contribution in [0.25, 0.3) is 0 Å². The van der Waals surface area contributed by atoms with E-state index in [4.69, 9.17) is 16.9 Å². The standard InChI is InChI=1S/C10H8ClFN2O2/c1-2-16-10(15)14-9-3-6(5-13)7(11)4-8(9)12/h3-4H,2H2,1H3,(H,14,15). The molecule has 84 valence electrons. The molecule has 0 atom stereocenters. The van der Waals surface area contributed by atoms with Crippen LogP contribution in [0.3, 0.4) is 0 Å². The first-order chi connectivity index (χ1) is 7.58. The number of rotatable bonds is 2. The topological polar surface area (TPSA) is 62.1 Å². The van der Waals surface area contributed by atoms with Crippen molar-refractivity contribution in [1.29, 1.82) is 5.26 Å². The number of hydrogen-bond acceptors (Lipinski definition) is 3. The van der Waals surface area contributed by atoms with Crippen LogP contribution >= 0.6 is 11.6 Å². The number of hydrogen-bond donors (Lipinski definition) is 1. The molecule has 0 saturated heterocycles. The third-order valence-electron chi connectivity index (χ3n) is 1.69. The van der Waals surface area contributed by atoms with Crippen LogP contribution in [0.5, 0.6) is 0 Å². The average molecular weight is 243 g/mol. The van der Waals surface area contributed by atoms with Crippen LogP contribution in [0.15, 0.2) is 12.1 Å². The van der Waals surface area contributed by atoms with E-state index in [2.05, 4.69) is 10.1 Å². The Balaban J connectivity index is 2.97. The monoisotopic (exact) mass is 242 g/mol. The zero-order chi connectivity index (χ0) is 12.1.